The van der Waals surface area contributed by atoms with Gasteiger partial charge in [-0.25, -0.2) is 4.79 Å². The lowest BCUT2D eigenvalue weighted by Gasteiger charge is -2.28. The van der Waals surface area contributed by atoms with Gasteiger partial charge in [0.15, 0.2) is 0 Å². The highest BCUT2D eigenvalue weighted by molar-refractivity contribution is 7.13. The highest BCUT2D eigenvalue weighted by Crippen LogP contribution is 2.55. The molecule has 0 saturated heterocycles. The number of alkyl halides is 2. The summed E-state index contributed by atoms with van der Waals surface area (Å²) in [5, 5.41) is 19.5. The first-order valence-corrected chi connectivity index (χ1v) is 12.9. The maximum atomic E-state index is 11.1. The van der Waals surface area contributed by atoms with Gasteiger partial charge in [-0.1, -0.05) is 50.5 Å². The predicted molar refractivity (Wildman–Crippen MR) is 130 cm³/mol. The zero-order chi connectivity index (χ0) is 22.4. The second-order valence-corrected chi connectivity index (χ2v) is 11.4. The van der Waals surface area contributed by atoms with Crippen LogP contribution in [0.1, 0.15) is 96.0 Å². The van der Waals surface area contributed by atoms with Crippen LogP contribution in [0.15, 0.2) is 36.4 Å². The third-order valence-electron chi connectivity index (χ3n) is 6.41. The molecule has 0 aliphatic heterocycles. The minimum Gasteiger partial charge on any atom is -0.477 e. The quantitative estimate of drug-likeness (QED) is 0.254. The molecule has 3 nitrogen and oxygen atoms in total. The van der Waals surface area contributed by atoms with E-state index in [-0.39, 0.29) is 5.92 Å². The molecular formula is C25H32Cl2O3S. The van der Waals surface area contributed by atoms with E-state index in [9.17, 15) is 9.90 Å². The van der Waals surface area contributed by atoms with Crippen LogP contribution >= 0.6 is 34.5 Å². The van der Waals surface area contributed by atoms with Gasteiger partial charge in [-0.2, -0.15) is 0 Å². The summed E-state index contributed by atoms with van der Waals surface area (Å²) in [6.45, 7) is 2.16. The Labute approximate surface area is 199 Å². The van der Waals surface area contributed by atoms with E-state index in [2.05, 4.69) is 19.1 Å². The Bertz CT molecular complexity index is 847. The van der Waals surface area contributed by atoms with Gasteiger partial charge in [-0.3, -0.25) is 0 Å². The normalized spacial score (nSPS) is 21.3. The summed E-state index contributed by atoms with van der Waals surface area (Å²) in [7, 11) is 0. The SMILES string of the molecule is CCCCCC(O)c1ccc([C@@H]2[C@H](CCCc3ccc(C(=O)O)s3)CCC2(Cl)Cl)cc1. The first kappa shape index (κ1) is 24.6. The summed E-state index contributed by atoms with van der Waals surface area (Å²) in [4.78, 5) is 12.6. The van der Waals surface area contributed by atoms with Gasteiger partial charge in [0.05, 0.1) is 6.10 Å². The number of rotatable bonds is 11. The Balaban J connectivity index is 1.61. The van der Waals surface area contributed by atoms with E-state index in [0.717, 1.165) is 73.8 Å². The molecule has 1 fully saturated rings. The zero-order valence-electron chi connectivity index (χ0n) is 18.0. The largest absolute Gasteiger partial charge is 0.477 e. The fourth-order valence-corrected chi connectivity index (χ4v) is 6.43. The zero-order valence-corrected chi connectivity index (χ0v) is 20.4. The van der Waals surface area contributed by atoms with Crippen molar-refractivity contribution in [3.8, 4) is 0 Å². The Morgan fingerprint density at radius 1 is 1.16 bits per heavy atom. The summed E-state index contributed by atoms with van der Waals surface area (Å²) < 4.78 is -0.772. The Hall–Kier alpha value is -1.07. The van der Waals surface area contributed by atoms with Crippen LogP contribution in [-0.4, -0.2) is 20.5 Å². The van der Waals surface area contributed by atoms with Crippen molar-refractivity contribution in [1.29, 1.82) is 0 Å². The lowest BCUT2D eigenvalue weighted by Crippen LogP contribution is -2.21. The maximum Gasteiger partial charge on any atom is 0.345 e. The van der Waals surface area contributed by atoms with Crippen LogP contribution in [-0.2, 0) is 6.42 Å². The number of aromatic carboxylic acids is 1. The number of aliphatic hydroxyl groups is 1. The third kappa shape index (κ3) is 6.47. The highest BCUT2D eigenvalue weighted by atomic mass is 35.5. The number of carbonyl (C=O) groups is 1. The Morgan fingerprint density at radius 2 is 1.90 bits per heavy atom. The number of hydrogen-bond acceptors (Lipinski definition) is 3. The van der Waals surface area contributed by atoms with E-state index in [1.165, 1.54) is 11.3 Å². The molecule has 1 heterocycles. The summed E-state index contributed by atoms with van der Waals surface area (Å²) in [5.41, 5.74) is 2.09. The molecule has 170 valence electrons. The summed E-state index contributed by atoms with van der Waals surface area (Å²) in [6.07, 6.45) is 8.33. The van der Waals surface area contributed by atoms with E-state index in [1.807, 2.05) is 18.2 Å². The molecule has 31 heavy (non-hydrogen) atoms. The molecule has 1 aromatic heterocycles. The second-order valence-electron chi connectivity index (χ2n) is 8.68. The van der Waals surface area contributed by atoms with Crippen LogP contribution in [0.2, 0.25) is 0 Å². The van der Waals surface area contributed by atoms with Crippen molar-refractivity contribution in [2.24, 2.45) is 5.92 Å². The number of carboxylic acid groups (broad SMARTS) is 1. The number of halogens is 2. The van der Waals surface area contributed by atoms with E-state index >= 15 is 0 Å². The second kappa shape index (κ2) is 11.2. The number of unbranched alkanes of at least 4 members (excludes halogenated alkanes) is 2. The average Bonchev–Trinajstić information content (AvgIpc) is 3.33. The smallest absolute Gasteiger partial charge is 0.345 e. The lowest BCUT2D eigenvalue weighted by atomic mass is 9.84. The van der Waals surface area contributed by atoms with Gasteiger partial charge in [0.2, 0.25) is 0 Å². The molecule has 1 aromatic carbocycles. The number of aliphatic hydroxyl groups excluding tert-OH is 1. The summed E-state index contributed by atoms with van der Waals surface area (Å²) in [6, 6.07) is 11.8. The van der Waals surface area contributed by atoms with E-state index in [4.69, 9.17) is 28.3 Å². The van der Waals surface area contributed by atoms with Gasteiger partial charge in [-0.15, -0.1) is 34.5 Å². The van der Waals surface area contributed by atoms with Crippen LogP contribution in [0.25, 0.3) is 0 Å². The van der Waals surface area contributed by atoms with Crippen molar-refractivity contribution in [3.63, 3.8) is 0 Å². The number of thiophene rings is 1. The van der Waals surface area contributed by atoms with E-state index in [0.29, 0.717) is 10.8 Å². The Morgan fingerprint density at radius 3 is 2.55 bits per heavy atom. The molecule has 1 unspecified atom stereocenters. The van der Waals surface area contributed by atoms with Crippen molar-refractivity contribution in [2.45, 2.75) is 81.1 Å². The van der Waals surface area contributed by atoms with E-state index < -0.39 is 16.4 Å². The van der Waals surface area contributed by atoms with Gasteiger partial charge in [0.25, 0.3) is 0 Å². The fraction of sp³-hybridized carbons (Fsp3) is 0.560. The lowest BCUT2D eigenvalue weighted by molar-refractivity contribution is 0.0702. The van der Waals surface area contributed by atoms with Crippen LogP contribution in [0.5, 0.6) is 0 Å². The number of hydrogen-bond donors (Lipinski definition) is 2. The molecule has 3 rings (SSSR count). The third-order valence-corrected chi connectivity index (χ3v) is 8.39. The highest BCUT2D eigenvalue weighted by Gasteiger charge is 2.46. The van der Waals surface area contributed by atoms with E-state index in [1.54, 1.807) is 6.07 Å². The van der Waals surface area contributed by atoms with Gasteiger partial charge in [-0.05, 0) is 67.7 Å². The van der Waals surface area contributed by atoms with Crippen molar-refractivity contribution < 1.29 is 15.0 Å². The molecule has 1 saturated carbocycles. The molecule has 3 atom stereocenters. The van der Waals surface area contributed by atoms with Crippen LogP contribution in [0.3, 0.4) is 0 Å². The van der Waals surface area contributed by atoms with Crippen LogP contribution < -0.4 is 0 Å². The van der Waals surface area contributed by atoms with Gasteiger partial charge in [0.1, 0.15) is 9.21 Å². The molecule has 6 heteroatoms. The van der Waals surface area contributed by atoms with Gasteiger partial charge in [0, 0.05) is 10.8 Å². The molecule has 0 bridgehead atoms. The predicted octanol–water partition coefficient (Wildman–Crippen LogP) is 7.75. The molecule has 2 aromatic rings. The standard InChI is InChI=1S/C25H32Cl2O3S/c1-2-3-4-8-21(28)17-9-11-19(12-10-17)23-18(15-16-25(23,26)27)6-5-7-20-13-14-22(31-20)24(29)30/h9-14,18,21,23,28H,2-8,15-16H2,1H3,(H,29,30)/t18-,21?,23+/m1/s1. The minimum atomic E-state index is -0.861. The Kier molecular flexibility index (Phi) is 8.86. The van der Waals surface area contributed by atoms with Crippen molar-refractivity contribution in [2.75, 3.05) is 0 Å². The van der Waals surface area contributed by atoms with Crippen molar-refractivity contribution in [3.05, 3.63) is 57.3 Å². The molecule has 1 aliphatic carbocycles. The van der Waals surface area contributed by atoms with Crippen molar-refractivity contribution in [1.82, 2.24) is 0 Å². The molecule has 0 radical (unpaired) electrons. The molecule has 2 N–H and O–H groups in total. The van der Waals surface area contributed by atoms with Crippen LogP contribution in [0, 0.1) is 5.92 Å². The topological polar surface area (TPSA) is 57.5 Å². The van der Waals surface area contributed by atoms with Gasteiger partial charge < -0.3 is 10.2 Å². The average molecular weight is 484 g/mol. The number of aryl methyl sites for hydroxylation is 1. The first-order chi connectivity index (χ1) is 14.8. The van der Waals surface area contributed by atoms with Gasteiger partial charge >= 0.3 is 5.97 Å². The summed E-state index contributed by atoms with van der Waals surface area (Å²) in [5.74, 6) is -0.394. The summed E-state index contributed by atoms with van der Waals surface area (Å²) >= 11 is 14.8. The fourth-order valence-electron chi connectivity index (χ4n) is 4.72. The van der Waals surface area contributed by atoms with Crippen molar-refractivity contribution >= 4 is 40.5 Å². The molecule has 1 aliphatic rings. The minimum absolute atomic E-state index is 0.0695. The monoisotopic (exact) mass is 482 g/mol. The molecule has 0 amide bonds. The first-order valence-electron chi connectivity index (χ1n) is 11.3. The maximum absolute atomic E-state index is 11.1. The van der Waals surface area contributed by atoms with Crippen LogP contribution in [0.4, 0.5) is 0 Å². The number of carboxylic acids is 1. The number of benzene rings is 1. The molecule has 0 spiro atoms. The molecular weight excluding hydrogens is 451 g/mol.